The molecule has 1 heterocycles. The minimum atomic E-state index is -0.919. The highest BCUT2D eigenvalue weighted by atomic mass is 79.9. The SMILES string of the molecule is CC.O=C(O)Cc1cc(Br)c(Oc2ccc(O)c(-c3nc(C4=CC=CCC=C4)co3)c2)c(Br)c1. The van der Waals surface area contributed by atoms with E-state index in [9.17, 15) is 9.90 Å². The zero-order chi connectivity index (χ0) is 24.7. The van der Waals surface area contributed by atoms with E-state index in [4.69, 9.17) is 14.3 Å². The van der Waals surface area contributed by atoms with Gasteiger partial charge in [0, 0.05) is 5.57 Å². The quantitative estimate of drug-likeness (QED) is 0.304. The Morgan fingerprint density at radius 2 is 1.88 bits per heavy atom. The van der Waals surface area contributed by atoms with Crippen molar-refractivity contribution in [1.29, 1.82) is 0 Å². The molecule has 34 heavy (non-hydrogen) atoms. The van der Waals surface area contributed by atoms with Gasteiger partial charge in [0.05, 0.1) is 20.9 Å². The van der Waals surface area contributed by atoms with Crippen molar-refractivity contribution in [1.82, 2.24) is 4.98 Å². The van der Waals surface area contributed by atoms with Crippen LogP contribution >= 0.6 is 31.9 Å². The van der Waals surface area contributed by atoms with E-state index in [1.165, 1.54) is 6.07 Å². The van der Waals surface area contributed by atoms with Crippen LogP contribution in [0.2, 0.25) is 0 Å². The summed E-state index contributed by atoms with van der Waals surface area (Å²) in [5, 5.41) is 19.4. The number of phenolic OH excluding ortho intramolecular Hbond substituents is 1. The summed E-state index contributed by atoms with van der Waals surface area (Å²) in [4.78, 5) is 15.5. The molecule has 6 nitrogen and oxygen atoms in total. The predicted octanol–water partition coefficient (Wildman–Crippen LogP) is 7.92. The first-order valence-electron chi connectivity index (χ1n) is 10.6. The Morgan fingerprint density at radius 3 is 2.59 bits per heavy atom. The van der Waals surface area contributed by atoms with Gasteiger partial charge in [-0.15, -0.1) is 0 Å². The molecule has 0 spiro atoms. The second-order valence-corrected chi connectivity index (χ2v) is 8.67. The van der Waals surface area contributed by atoms with Crippen LogP contribution in [0.1, 0.15) is 31.5 Å². The summed E-state index contributed by atoms with van der Waals surface area (Å²) >= 11 is 6.86. The molecule has 1 aromatic heterocycles. The molecule has 0 radical (unpaired) electrons. The topological polar surface area (TPSA) is 92.8 Å². The Balaban J connectivity index is 0.00000158. The van der Waals surface area contributed by atoms with Crippen molar-refractivity contribution < 1.29 is 24.2 Å². The lowest BCUT2D eigenvalue weighted by Gasteiger charge is -2.12. The van der Waals surface area contributed by atoms with Crippen molar-refractivity contribution in [2.24, 2.45) is 0 Å². The molecule has 8 heteroatoms. The van der Waals surface area contributed by atoms with Gasteiger partial charge in [-0.25, -0.2) is 4.98 Å². The Kier molecular flexibility index (Phi) is 8.90. The number of aromatic nitrogens is 1. The maximum absolute atomic E-state index is 11.0. The molecule has 176 valence electrons. The molecule has 0 saturated carbocycles. The minimum absolute atomic E-state index is 0.00553. The van der Waals surface area contributed by atoms with Crippen LogP contribution in [-0.2, 0) is 11.2 Å². The first kappa shape index (κ1) is 25.5. The number of hydrogen-bond acceptors (Lipinski definition) is 5. The fraction of sp³-hybridized carbons (Fsp3) is 0.154. The smallest absolute Gasteiger partial charge is 0.307 e. The van der Waals surface area contributed by atoms with Gasteiger partial charge >= 0.3 is 5.97 Å². The highest BCUT2D eigenvalue weighted by molar-refractivity contribution is 9.11. The van der Waals surface area contributed by atoms with Crippen molar-refractivity contribution in [3.8, 4) is 28.7 Å². The van der Waals surface area contributed by atoms with E-state index in [2.05, 4.69) is 36.8 Å². The molecule has 0 saturated heterocycles. The second kappa shape index (κ2) is 11.9. The average molecular weight is 589 g/mol. The maximum atomic E-state index is 11.0. The fourth-order valence-electron chi connectivity index (χ4n) is 3.13. The summed E-state index contributed by atoms with van der Waals surface area (Å²) in [5.74, 6) is 0.273. The molecule has 1 aliphatic rings. The Hall–Kier alpha value is -3.10. The lowest BCUT2D eigenvalue weighted by atomic mass is 10.1. The van der Waals surface area contributed by atoms with E-state index in [0.29, 0.717) is 37.3 Å². The molecule has 0 amide bonds. The van der Waals surface area contributed by atoms with E-state index in [1.807, 2.05) is 44.2 Å². The molecule has 0 bridgehead atoms. The number of phenols is 1. The number of aliphatic carboxylic acids is 1. The molecule has 0 atom stereocenters. The van der Waals surface area contributed by atoms with Crippen LogP contribution < -0.4 is 4.74 Å². The lowest BCUT2D eigenvalue weighted by Crippen LogP contribution is -2.00. The van der Waals surface area contributed by atoms with Gasteiger partial charge in [0.2, 0.25) is 5.89 Å². The van der Waals surface area contributed by atoms with E-state index in [0.717, 1.165) is 12.0 Å². The van der Waals surface area contributed by atoms with Gasteiger partial charge in [-0.3, -0.25) is 4.79 Å². The van der Waals surface area contributed by atoms with Crippen molar-refractivity contribution in [3.63, 3.8) is 0 Å². The molecule has 0 fully saturated rings. The zero-order valence-electron chi connectivity index (χ0n) is 18.6. The number of halogens is 2. The molecule has 2 N–H and O–H groups in total. The van der Waals surface area contributed by atoms with Gasteiger partial charge in [0.25, 0.3) is 0 Å². The molecular weight excluding hydrogens is 566 g/mol. The number of ether oxygens (including phenoxy) is 1. The van der Waals surface area contributed by atoms with Crippen molar-refractivity contribution in [2.45, 2.75) is 26.7 Å². The van der Waals surface area contributed by atoms with Gasteiger partial charge in [-0.1, -0.05) is 44.2 Å². The van der Waals surface area contributed by atoms with Gasteiger partial charge < -0.3 is 19.4 Å². The molecule has 4 rings (SSSR count). The Labute approximate surface area is 214 Å². The maximum Gasteiger partial charge on any atom is 0.307 e. The molecular formula is C26H23Br2NO5. The van der Waals surface area contributed by atoms with Crippen molar-refractivity contribution >= 4 is 43.4 Å². The van der Waals surface area contributed by atoms with Gasteiger partial charge in [-0.2, -0.15) is 0 Å². The number of oxazole rings is 1. The van der Waals surface area contributed by atoms with Crippen LogP contribution in [0, 0.1) is 0 Å². The highest BCUT2D eigenvalue weighted by Crippen LogP contribution is 2.40. The monoisotopic (exact) mass is 587 g/mol. The summed E-state index contributed by atoms with van der Waals surface area (Å²) < 4.78 is 12.8. The summed E-state index contributed by atoms with van der Waals surface area (Å²) in [6, 6.07) is 8.14. The first-order valence-corrected chi connectivity index (χ1v) is 12.2. The number of carbonyl (C=O) groups is 1. The third-order valence-electron chi connectivity index (χ3n) is 4.61. The molecule has 3 aromatic rings. The standard InChI is InChI=1S/C24H17Br2NO5.C2H6/c25-18-9-14(11-22(29)30)10-19(26)23(18)32-16-7-8-21(28)17(12-16)24-27-20(13-31-24)15-5-3-1-2-4-6-15;1-2/h1,3-10,12-13,28H,2,11H2,(H,29,30);1-2H3. The molecule has 0 unspecified atom stereocenters. The summed E-state index contributed by atoms with van der Waals surface area (Å²) in [5.41, 5.74) is 2.58. The second-order valence-electron chi connectivity index (χ2n) is 6.97. The molecule has 2 aromatic carbocycles. The van der Waals surface area contributed by atoms with Crippen molar-refractivity contribution in [3.05, 3.63) is 87.2 Å². The number of carboxylic acid groups (broad SMARTS) is 1. The van der Waals surface area contributed by atoms with Gasteiger partial charge in [0.1, 0.15) is 23.5 Å². The number of rotatable bonds is 6. The van der Waals surface area contributed by atoms with E-state index in [-0.39, 0.29) is 18.1 Å². The van der Waals surface area contributed by atoms with Crippen LogP contribution in [0.5, 0.6) is 17.2 Å². The minimum Gasteiger partial charge on any atom is -0.507 e. The predicted molar refractivity (Wildman–Crippen MR) is 139 cm³/mol. The van der Waals surface area contributed by atoms with Crippen LogP contribution in [0.4, 0.5) is 0 Å². The number of nitrogens with zero attached hydrogens (tertiary/aromatic N) is 1. The zero-order valence-corrected chi connectivity index (χ0v) is 21.8. The van der Waals surface area contributed by atoms with E-state index in [1.54, 1.807) is 30.5 Å². The third kappa shape index (κ3) is 6.27. The van der Waals surface area contributed by atoms with E-state index >= 15 is 0 Å². The van der Waals surface area contributed by atoms with Gasteiger partial charge in [-0.05, 0) is 74.2 Å². The Morgan fingerprint density at radius 1 is 1.15 bits per heavy atom. The first-order chi connectivity index (χ1) is 16.4. The largest absolute Gasteiger partial charge is 0.507 e. The third-order valence-corrected chi connectivity index (χ3v) is 5.79. The lowest BCUT2D eigenvalue weighted by molar-refractivity contribution is -0.136. The summed E-state index contributed by atoms with van der Waals surface area (Å²) in [6.45, 7) is 4.00. The fourth-order valence-corrected chi connectivity index (χ4v) is 4.58. The summed E-state index contributed by atoms with van der Waals surface area (Å²) in [6.07, 6.45) is 12.3. The van der Waals surface area contributed by atoms with Crippen LogP contribution in [0.25, 0.3) is 17.0 Å². The number of benzene rings is 2. The highest BCUT2D eigenvalue weighted by Gasteiger charge is 2.16. The van der Waals surface area contributed by atoms with Crippen LogP contribution in [0.15, 0.2) is 80.3 Å². The van der Waals surface area contributed by atoms with Crippen molar-refractivity contribution in [2.75, 3.05) is 0 Å². The van der Waals surface area contributed by atoms with Crippen LogP contribution in [0.3, 0.4) is 0 Å². The summed E-state index contributed by atoms with van der Waals surface area (Å²) in [7, 11) is 0. The normalized spacial score (nSPS) is 12.4. The van der Waals surface area contributed by atoms with Gasteiger partial charge in [0.15, 0.2) is 5.75 Å². The number of allylic oxidation sites excluding steroid dienone is 6. The number of carboxylic acids is 1. The Bertz CT molecular complexity index is 1250. The molecule has 1 aliphatic carbocycles. The number of aromatic hydroxyl groups is 1. The van der Waals surface area contributed by atoms with E-state index < -0.39 is 5.97 Å². The average Bonchev–Trinajstić information content (AvgIpc) is 3.13. The molecule has 0 aliphatic heterocycles. The van der Waals surface area contributed by atoms with Crippen LogP contribution in [-0.4, -0.2) is 21.2 Å². The number of hydrogen-bond donors (Lipinski definition) is 2.